The molecule has 2 atom stereocenters. The minimum absolute atomic E-state index is 0.0411. The van der Waals surface area contributed by atoms with E-state index in [9.17, 15) is 9.90 Å². The quantitative estimate of drug-likeness (QED) is 0.813. The van der Waals surface area contributed by atoms with Gasteiger partial charge in [0.1, 0.15) is 0 Å². The number of hydrogen-bond acceptors (Lipinski definition) is 2. The Morgan fingerprint density at radius 2 is 2.23 bits per heavy atom. The number of carbonyl (C=O) groups is 1. The maximum Gasteiger partial charge on any atom is 0.224 e. The molecule has 1 aliphatic rings. The zero-order valence-electron chi connectivity index (χ0n) is 13.3. The molecule has 0 bridgehead atoms. The van der Waals surface area contributed by atoms with Crippen molar-refractivity contribution in [3.05, 3.63) is 35.5 Å². The minimum Gasteiger partial charge on any atom is -0.396 e. The van der Waals surface area contributed by atoms with Gasteiger partial charge in [-0.25, -0.2) is 0 Å². The van der Waals surface area contributed by atoms with Crippen LogP contribution in [0.15, 0.2) is 24.3 Å². The Morgan fingerprint density at radius 1 is 1.45 bits per heavy atom. The van der Waals surface area contributed by atoms with Gasteiger partial charge in [-0.05, 0) is 31.4 Å². The van der Waals surface area contributed by atoms with Crippen molar-refractivity contribution < 1.29 is 9.90 Å². The van der Waals surface area contributed by atoms with E-state index in [-0.39, 0.29) is 24.0 Å². The molecule has 3 rings (SSSR count). The van der Waals surface area contributed by atoms with Crippen molar-refractivity contribution in [3.63, 3.8) is 0 Å². The molecule has 2 unspecified atom stereocenters. The molecule has 1 saturated carbocycles. The van der Waals surface area contributed by atoms with Gasteiger partial charge < -0.3 is 15.4 Å². The number of H-pyrrole nitrogens is 1. The van der Waals surface area contributed by atoms with Crippen LogP contribution in [0.4, 0.5) is 0 Å². The van der Waals surface area contributed by atoms with Crippen molar-refractivity contribution in [1.82, 2.24) is 10.3 Å². The standard InChI is InChI=1S/C18H24N2O2/c1-12-14(13-6-3-4-7-15(13)19-12)10-17(22)20-16-8-5-9-18(16,2)11-21/h3-4,6-7,16,19,21H,5,8-11H2,1-2H3,(H,20,22). The predicted molar refractivity (Wildman–Crippen MR) is 87.7 cm³/mol. The lowest BCUT2D eigenvalue weighted by Crippen LogP contribution is -2.45. The molecule has 0 aliphatic heterocycles. The van der Waals surface area contributed by atoms with E-state index in [4.69, 9.17) is 0 Å². The zero-order valence-corrected chi connectivity index (χ0v) is 13.3. The number of aliphatic hydroxyl groups is 1. The summed E-state index contributed by atoms with van der Waals surface area (Å²) in [5.74, 6) is 0.0411. The summed E-state index contributed by atoms with van der Waals surface area (Å²) >= 11 is 0. The van der Waals surface area contributed by atoms with Crippen LogP contribution in [0, 0.1) is 12.3 Å². The lowest BCUT2D eigenvalue weighted by Gasteiger charge is -2.30. The fourth-order valence-electron chi connectivity index (χ4n) is 3.64. The molecule has 3 N–H and O–H groups in total. The summed E-state index contributed by atoms with van der Waals surface area (Å²) < 4.78 is 0. The van der Waals surface area contributed by atoms with Gasteiger partial charge >= 0.3 is 0 Å². The smallest absolute Gasteiger partial charge is 0.224 e. The molecule has 4 heteroatoms. The summed E-state index contributed by atoms with van der Waals surface area (Å²) in [6, 6.07) is 8.15. The number of hydrogen-bond donors (Lipinski definition) is 3. The van der Waals surface area contributed by atoms with Crippen LogP contribution in [0.3, 0.4) is 0 Å². The van der Waals surface area contributed by atoms with Gasteiger partial charge in [0, 0.05) is 28.1 Å². The van der Waals surface area contributed by atoms with Gasteiger partial charge in [0.15, 0.2) is 0 Å². The van der Waals surface area contributed by atoms with E-state index >= 15 is 0 Å². The maximum absolute atomic E-state index is 12.5. The van der Waals surface area contributed by atoms with Crippen molar-refractivity contribution in [2.45, 2.75) is 45.6 Å². The van der Waals surface area contributed by atoms with Crippen LogP contribution < -0.4 is 5.32 Å². The number of nitrogens with one attached hydrogen (secondary N) is 2. The van der Waals surface area contributed by atoms with E-state index in [1.54, 1.807) is 0 Å². The maximum atomic E-state index is 12.5. The fraction of sp³-hybridized carbons (Fsp3) is 0.500. The second kappa shape index (κ2) is 5.76. The van der Waals surface area contributed by atoms with Crippen LogP contribution in [0.1, 0.15) is 37.4 Å². The highest BCUT2D eigenvalue weighted by molar-refractivity contribution is 5.90. The van der Waals surface area contributed by atoms with Crippen LogP contribution in [0.2, 0.25) is 0 Å². The van der Waals surface area contributed by atoms with Crippen LogP contribution in [-0.2, 0) is 11.2 Å². The number of amides is 1. The Bertz CT molecular complexity index is 691. The molecule has 1 heterocycles. The molecule has 1 aromatic heterocycles. The van der Waals surface area contributed by atoms with Crippen molar-refractivity contribution >= 4 is 16.8 Å². The minimum atomic E-state index is -0.176. The Morgan fingerprint density at radius 3 is 3.00 bits per heavy atom. The molecule has 0 spiro atoms. The van der Waals surface area contributed by atoms with E-state index in [1.807, 2.05) is 25.1 Å². The Labute approximate surface area is 130 Å². The first-order chi connectivity index (χ1) is 10.5. The summed E-state index contributed by atoms with van der Waals surface area (Å²) in [6.07, 6.45) is 3.37. The van der Waals surface area contributed by atoms with Gasteiger partial charge in [-0.1, -0.05) is 31.5 Å². The first kappa shape index (κ1) is 15.1. The molecule has 0 radical (unpaired) electrons. The molecule has 22 heavy (non-hydrogen) atoms. The topological polar surface area (TPSA) is 65.1 Å². The van der Waals surface area contributed by atoms with Crippen LogP contribution >= 0.6 is 0 Å². The summed E-state index contributed by atoms with van der Waals surface area (Å²) in [4.78, 5) is 15.8. The van der Waals surface area contributed by atoms with Crippen molar-refractivity contribution in [1.29, 1.82) is 0 Å². The number of aliphatic hydroxyl groups excluding tert-OH is 1. The van der Waals surface area contributed by atoms with E-state index in [0.717, 1.165) is 41.4 Å². The number of aromatic nitrogens is 1. The van der Waals surface area contributed by atoms with Gasteiger partial charge in [0.2, 0.25) is 5.91 Å². The number of fused-ring (bicyclic) bond motifs is 1. The summed E-state index contributed by atoms with van der Waals surface area (Å²) in [7, 11) is 0. The number of aromatic amines is 1. The number of para-hydroxylation sites is 1. The molecular formula is C18H24N2O2. The lowest BCUT2D eigenvalue weighted by molar-refractivity contribution is -0.122. The third-order valence-electron chi connectivity index (χ3n) is 5.14. The zero-order chi connectivity index (χ0) is 15.7. The predicted octanol–water partition coefficient (Wildman–Crippen LogP) is 2.69. The third-order valence-corrected chi connectivity index (χ3v) is 5.14. The molecule has 1 fully saturated rings. The molecule has 1 aromatic carbocycles. The third kappa shape index (κ3) is 2.63. The normalized spacial score (nSPS) is 24.8. The number of benzene rings is 1. The Hall–Kier alpha value is -1.81. The highest BCUT2D eigenvalue weighted by Crippen LogP contribution is 2.37. The number of aryl methyl sites for hydroxylation is 1. The van der Waals surface area contributed by atoms with Gasteiger partial charge in [0.05, 0.1) is 13.0 Å². The fourth-order valence-corrected chi connectivity index (χ4v) is 3.64. The number of rotatable bonds is 4. The molecule has 1 amide bonds. The molecule has 118 valence electrons. The molecule has 4 nitrogen and oxygen atoms in total. The lowest BCUT2D eigenvalue weighted by atomic mass is 9.85. The SMILES string of the molecule is Cc1[nH]c2ccccc2c1CC(=O)NC1CCCC1(C)CO. The first-order valence-electron chi connectivity index (χ1n) is 8.00. The highest BCUT2D eigenvalue weighted by Gasteiger charge is 2.39. The van der Waals surface area contributed by atoms with Crippen molar-refractivity contribution in [3.8, 4) is 0 Å². The van der Waals surface area contributed by atoms with E-state index in [2.05, 4.69) is 23.3 Å². The van der Waals surface area contributed by atoms with E-state index < -0.39 is 0 Å². The van der Waals surface area contributed by atoms with Gasteiger partial charge in [0.25, 0.3) is 0 Å². The summed E-state index contributed by atoms with van der Waals surface area (Å²) in [6.45, 7) is 4.20. The molecular weight excluding hydrogens is 276 g/mol. The average Bonchev–Trinajstić information content (AvgIpc) is 3.01. The van der Waals surface area contributed by atoms with E-state index in [0.29, 0.717) is 6.42 Å². The van der Waals surface area contributed by atoms with Gasteiger partial charge in [-0.15, -0.1) is 0 Å². The van der Waals surface area contributed by atoms with E-state index in [1.165, 1.54) is 0 Å². The first-order valence-corrected chi connectivity index (χ1v) is 8.00. The van der Waals surface area contributed by atoms with Crippen LogP contribution in [0.5, 0.6) is 0 Å². The Kier molecular flexibility index (Phi) is 3.96. The summed E-state index contributed by atoms with van der Waals surface area (Å²) in [5.41, 5.74) is 3.01. The van der Waals surface area contributed by atoms with Crippen molar-refractivity contribution in [2.75, 3.05) is 6.61 Å². The monoisotopic (exact) mass is 300 g/mol. The van der Waals surface area contributed by atoms with Crippen molar-refractivity contribution in [2.24, 2.45) is 5.41 Å². The van der Waals surface area contributed by atoms with Gasteiger partial charge in [-0.2, -0.15) is 0 Å². The molecule has 2 aromatic rings. The second-order valence-electron chi connectivity index (χ2n) is 6.78. The molecule has 0 saturated heterocycles. The molecule has 1 aliphatic carbocycles. The number of carbonyl (C=O) groups excluding carboxylic acids is 1. The second-order valence-corrected chi connectivity index (χ2v) is 6.78. The van der Waals surface area contributed by atoms with Crippen LogP contribution in [-0.4, -0.2) is 28.6 Å². The highest BCUT2D eigenvalue weighted by atomic mass is 16.3. The van der Waals surface area contributed by atoms with Gasteiger partial charge in [-0.3, -0.25) is 4.79 Å². The summed E-state index contributed by atoms with van der Waals surface area (Å²) in [5, 5.41) is 13.8. The Balaban J connectivity index is 1.75. The van der Waals surface area contributed by atoms with Crippen LogP contribution in [0.25, 0.3) is 10.9 Å². The largest absolute Gasteiger partial charge is 0.396 e. The average molecular weight is 300 g/mol.